The third kappa shape index (κ3) is 3.41. The van der Waals surface area contributed by atoms with Crippen LogP contribution in [0.1, 0.15) is 72.8 Å². The highest BCUT2D eigenvalue weighted by molar-refractivity contribution is 7.92. The Hall–Kier alpha value is -1.20. The van der Waals surface area contributed by atoms with Crippen LogP contribution >= 0.6 is 0 Å². The first-order valence-corrected chi connectivity index (χ1v) is 11.4. The molecular formula is C20H28N2O2S. The zero-order valence-corrected chi connectivity index (χ0v) is 15.7. The van der Waals surface area contributed by atoms with E-state index < -0.39 is 9.92 Å². The van der Waals surface area contributed by atoms with Gasteiger partial charge in [-0.2, -0.15) is 0 Å². The molecule has 1 aromatic rings. The van der Waals surface area contributed by atoms with Gasteiger partial charge in [0, 0.05) is 0 Å². The molecule has 0 aliphatic heterocycles. The number of hydrogen-bond donors (Lipinski definition) is 1. The van der Waals surface area contributed by atoms with Gasteiger partial charge in [0.1, 0.15) is 9.92 Å². The average molecular weight is 361 g/mol. The number of rotatable bonds is 3. The second kappa shape index (κ2) is 6.84. The molecule has 0 spiro atoms. The van der Waals surface area contributed by atoms with E-state index in [2.05, 4.69) is 10.4 Å². The molecule has 4 rings (SSSR count). The molecule has 0 aromatic heterocycles. The predicted octanol–water partition coefficient (Wildman–Crippen LogP) is 3.41. The fourth-order valence-electron chi connectivity index (χ4n) is 4.97. The van der Waals surface area contributed by atoms with E-state index in [-0.39, 0.29) is 17.6 Å². The van der Waals surface area contributed by atoms with Gasteiger partial charge in [-0.15, -0.1) is 4.36 Å². The lowest BCUT2D eigenvalue weighted by atomic mass is 9.92. The predicted molar refractivity (Wildman–Crippen MR) is 101 cm³/mol. The van der Waals surface area contributed by atoms with Gasteiger partial charge in [-0.3, -0.25) is 4.79 Å². The van der Waals surface area contributed by atoms with E-state index in [1.165, 1.54) is 47.1 Å². The molecule has 25 heavy (non-hydrogen) atoms. The number of aryl methyl sites for hydroxylation is 2. The van der Waals surface area contributed by atoms with Crippen molar-refractivity contribution in [3.63, 3.8) is 0 Å². The number of hydrogen-bond acceptors (Lipinski definition) is 2. The number of carbonyl (C=O) groups is 1. The number of nitrogens with two attached hydrogens (primary N) is 1. The van der Waals surface area contributed by atoms with E-state index in [1.807, 2.05) is 0 Å². The molecule has 1 unspecified atom stereocenters. The molecule has 5 heteroatoms. The molecule has 1 amide bonds. The normalized spacial score (nSPS) is 22.3. The van der Waals surface area contributed by atoms with Gasteiger partial charge in [-0.25, -0.2) is 9.35 Å². The van der Waals surface area contributed by atoms with E-state index in [9.17, 15) is 9.00 Å². The fraction of sp³-hybridized carbons (Fsp3) is 0.650. The number of fused-ring (bicyclic) bond motifs is 2. The highest BCUT2D eigenvalue weighted by Crippen LogP contribution is 2.35. The number of amides is 1. The minimum Gasteiger partial charge on any atom is -0.272 e. The van der Waals surface area contributed by atoms with Crippen LogP contribution in [-0.2, 0) is 46.8 Å². The van der Waals surface area contributed by atoms with Crippen LogP contribution in [0.4, 0.5) is 0 Å². The maximum atomic E-state index is 12.8. The quantitative estimate of drug-likeness (QED) is 0.897. The zero-order chi connectivity index (χ0) is 17.4. The van der Waals surface area contributed by atoms with Gasteiger partial charge in [0.2, 0.25) is 0 Å². The molecule has 1 aromatic carbocycles. The van der Waals surface area contributed by atoms with Crippen LogP contribution in [0.25, 0.3) is 0 Å². The molecule has 0 saturated heterocycles. The average Bonchev–Trinajstić information content (AvgIpc) is 3.24. The molecule has 136 valence electrons. The summed E-state index contributed by atoms with van der Waals surface area (Å²) in [6.07, 6.45) is 11.9. The van der Waals surface area contributed by atoms with Crippen LogP contribution in [0.5, 0.6) is 0 Å². The second-order valence-electron chi connectivity index (χ2n) is 7.87. The lowest BCUT2D eigenvalue weighted by Crippen LogP contribution is -2.31. The van der Waals surface area contributed by atoms with E-state index in [4.69, 9.17) is 5.14 Å². The van der Waals surface area contributed by atoms with Crippen molar-refractivity contribution in [3.05, 3.63) is 33.9 Å². The SMILES string of the molecule is NS(=O)(=NC(=O)Cc1c2c(cc3c1CCC3)CCC2)C1CCCCC1. The van der Waals surface area contributed by atoms with Crippen LogP contribution in [0.2, 0.25) is 0 Å². The number of nitrogens with zero attached hydrogens (tertiary/aromatic N) is 1. The van der Waals surface area contributed by atoms with Gasteiger partial charge in [-0.05, 0) is 79.2 Å². The summed E-state index contributed by atoms with van der Waals surface area (Å²) in [4.78, 5) is 12.6. The lowest BCUT2D eigenvalue weighted by molar-refractivity contribution is -0.117. The van der Waals surface area contributed by atoms with Crippen molar-refractivity contribution in [3.8, 4) is 0 Å². The largest absolute Gasteiger partial charge is 0.272 e. The minimum atomic E-state index is -2.91. The van der Waals surface area contributed by atoms with Gasteiger partial charge in [-0.1, -0.05) is 25.3 Å². The molecule has 1 atom stereocenters. The Balaban J connectivity index is 1.61. The Morgan fingerprint density at radius 2 is 1.60 bits per heavy atom. The summed E-state index contributed by atoms with van der Waals surface area (Å²) in [6.45, 7) is 0. The van der Waals surface area contributed by atoms with Crippen molar-refractivity contribution in [2.45, 2.75) is 82.3 Å². The molecule has 2 N–H and O–H groups in total. The van der Waals surface area contributed by atoms with Crippen molar-refractivity contribution in [1.29, 1.82) is 0 Å². The first-order chi connectivity index (χ1) is 12.0. The van der Waals surface area contributed by atoms with Crippen LogP contribution in [0.15, 0.2) is 10.4 Å². The fourth-order valence-corrected chi connectivity index (χ4v) is 6.51. The molecule has 0 bridgehead atoms. The highest BCUT2D eigenvalue weighted by atomic mass is 32.2. The second-order valence-corrected chi connectivity index (χ2v) is 9.95. The summed E-state index contributed by atoms with van der Waals surface area (Å²) >= 11 is 0. The third-order valence-electron chi connectivity index (χ3n) is 6.20. The summed E-state index contributed by atoms with van der Waals surface area (Å²) in [5.74, 6) is -0.285. The number of carbonyl (C=O) groups excluding carboxylic acids is 1. The zero-order valence-electron chi connectivity index (χ0n) is 14.9. The lowest BCUT2D eigenvalue weighted by Gasteiger charge is -2.22. The molecule has 1 saturated carbocycles. The minimum absolute atomic E-state index is 0.114. The summed E-state index contributed by atoms with van der Waals surface area (Å²) in [7, 11) is -2.91. The standard InChI is InChI=1S/C20H28N2O2S/c21-25(24,16-8-2-1-3-9-16)22-20(23)13-19-17-10-4-6-14(17)12-15-7-5-11-18(15)19/h12,16H,1-11,13H2,(H2,21,22,23,24). The smallest absolute Gasteiger partial charge is 0.259 e. The summed E-state index contributed by atoms with van der Waals surface area (Å²) in [5.41, 5.74) is 6.76. The monoisotopic (exact) mass is 360 g/mol. The van der Waals surface area contributed by atoms with Crippen molar-refractivity contribution >= 4 is 15.8 Å². The summed E-state index contributed by atoms with van der Waals surface area (Å²) < 4.78 is 16.8. The van der Waals surface area contributed by atoms with Crippen LogP contribution < -0.4 is 5.14 Å². The van der Waals surface area contributed by atoms with Gasteiger partial charge < -0.3 is 0 Å². The van der Waals surface area contributed by atoms with E-state index in [0.717, 1.165) is 51.4 Å². The highest BCUT2D eigenvalue weighted by Gasteiger charge is 2.27. The third-order valence-corrected chi connectivity index (χ3v) is 8.12. The van der Waals surface area contributed by atoms with E-state index in [1.54, 1.807) is 0 Å². The topological polar surface area (TPSA) is 72.5 Å². The van der Waals surface area contributed by atoms with Gasteiger partial charge in [0.15, 0.2) is 0 Å². The first kappa shape index (κ1) is 17.2. The maximum Gasteiger partial charge on any atom is 0.259 e. The Bertz CT molecular complexity index is 783. The van der Waals surface area contributed by atoms with Crippen LogP contribution in [-0.4, -0.2) is 15.4 Å². The molecule has 3 aliphatic rings. The molecular weight excluding hydrogens is 332 g/mol. The van der Waals surface area contributed by atoms with Gasteiger partial charge >= 0.3 is 0 Å². The first-order valence-electron chi connectivity index (χ1n) is 9.76. The molecule has 3 aliphatic carbocycles. The van der Waals surface area contributed by atoms with Crippen LogP contribution in [0, 0.1) is 0 Å². The summed E-state index contributed by atoms with van der Waals surface area (Å²) in [6, 6.07) is 2.36. The molecule has 0 radical (unpaired) electrons. The van der Waals surface area contributed by atoms with Crippen molar-refractivity contribution < 1.29 is 9.00 Å². The Labute approximate surface area is 150 Å². The maximum absolute atomic E-state index is 12.8. The van der Waals surface area contributed by atoms with E-state index >= 15 is 0 Å². The molecule has 1 fully saturated rings. The van der Waals surface area contributed by atoms with Gasteiger partial charge in [0.25, 0.3) is 5.91 Å². The van der Waals surface area contributed by atoms with Crippen molar-refractivity contribution in [1.82, 2.24) is 0 Å². The van der Waals surface area contributed by atoms with Crippen LogP contribution in [0.3, 0.4) is 0 Å². The Morgan fingerprint density at radius 3 is 2.20 bits per heavy atom. The Kier molecular flexibility index (Phi) is 4.71. The number of benzene rings is 1. The summed E-state index contributed by atoms with van der Waals surface area (Å²) in [5, 5.41) is 5.90. The van der Waals surface area contributed by atoms with E-state index in [0.29, 0.717) is 0 Å². The van der Waals surface area contributed by atoms with Gasteiger partial charge in [0.05, 0.1) is 11.7 Å². The van der Waals surface area contributed by atoms with Crippen molar-refractivity contribution in [2.75, 3.05) is 0 Å². The molecule has 4 nitrogen and oxygen atoms in total. The van der Waals surface area contributed by atoms with Crippen molar-refractivity contribution in [2.24, 2.45) is 9.50 Å². The molecule has 0 heterocycles. The Morgan fingerprint density at radius 1 is 1.00 bits per heavy atom.